The Balaban J connectivity index is 1.17. The third-order valence-electron chi connectivity index (χ3n) is 6.81. The van der Waals surface area contributed by atoms with Crippen LogP contribution < -0.4 is 0 Å². The molecule has 37 heavy (non-hydrogen) atoms. The van der Waals surface area contributed by atoms with E-state index in [9.17, 15) is 9.59 Å². The van der Waals surface area contributed by atoms with E-state index in [1.54, 1.807) is 0 Å². The number of hydrogen-bond acceptors (Lipinski definition) is 4. The van der Waals surface area contributed by atoms with Crippen molar-refractivity contribution in [1.82, 2.24) is 0 Å². The van der Waals surface area contributed by atoms with Gasteiger partial charge in [-0.15, -0.1) is 0 Å². The molecule has 0 aliphatic heterocycles. The highest BCUT2D eigenvalue weighted by atomic mass is 16.6. The Morgan fingerprint density at radius 1 is 0.459 bits per heavy atom. The third-order valence-corrected chi connectivity index (χ3v) is 6.81. The monoisotopic (exact) mass is 484 g/mol. The van der Waals surface area contributed by atoms with Crippen molar-refractivity contribution in [2.24, 2.45) is 0 Å². The first kappa shape index (κ1) is 22.7. The number of fused-ring (bicyclic) bond motifs is 4. The fourth-order valence-electron chi connectivity index (χ4n) is 5.05. The summed E-state index contributed by atoms with van der Waals surface area (Å²) in [5.74, 6) is -1.21. The number of esters is 2. The third kappa shape index (κ3) is 4.50. The van der Waals surface area contributed by atoms with Crippen molar-refractivity contribution in [2.45, 2.75) is 19.6 Å². The summed E-state index contributed by atoms with van der Waals surface area (Å²) in [6, 6.07) is 36.3. The minimum absolute atomic E-state index is 0.0853. The molecule has 0 heterocycles. The largest absolute Gasteiger partial charge is 0.460 e. The fraction of sp³-hybridized carbons (Fsp3) is 0.0909. The standard InChI is InChI=1S/C33H24O4/c34-32(36-20-30-26-13-5-1-9-22(26)17-23-10-2-6-14-27(23)30)19-33(35)37-21-31-28-15-7-3-11-24(28)18-25-12-4-8-16-29(25)31/h1-18H,19-21H2. The normalized spacial score (nSPS) is 11.2. The molecule has 0 bridgehead atoms. The van der Waals surface area contributed by atoms with Crippen LogP contribution in [0.25, 0.3) is 43.1 Å². The van der Waals surface area contributed by atoms with Crippen molar-refractivity contribution in [3.8, 4) is 0 Å². The first-order valence-corrected chi connectivity index (χ1v) is 12.3. The zero-order valence-electron chi connectivity index (χ0n) is 20.1. The zero-order valence-corrected chi connectivity index (χ0v) is 20.1. The molecular formula is C33H24O4. The van der Waals surface area contributed by atoms with E-state index in [0.717, 1.165) is 54.2 Å². The van der Waals surface area contributed by atoms with Crippen LogP contribution in [-0.4, -0.2) is 11.9 Å². The van der Waals surface area contributed by atoms with Gasteiger partial charge in [-0.2, -0.15) is 0 Å². The van der Waals surface area contributed by atoms with E-state index >= 15 is 0 Å². The number of benzene rings is 6. The Bertz CT molecular complexity index is 1560. The lowest BCUT2D eigenvalue weighted by Gasteiger charge is -2.13. The molecule has 0 aliphatic rings. The molecule has 0 unspecified atom stereocenters. The second-order valence-electron chi connectivity index (χ2n) is 9.09. The molecule has 4 heteroatoms. The average Bonchev–Trinajstić information content (AvgIpc) is 2.93. The lowest BCUT2D eigenvalue weighted by Crippen LogP contribution is -2.14. The van der Waals surface area contributed by atoms with Crippen molar-refractivity contribution in [2.75, 3.05) is 0 Å². The van der Waals surface area contributed by atoms with Crippen LogP contribution in [0.4, 0.5) is 0 Å². The van der Waals surface area contributed by atoms with Crippen LogP contribution in [0.3, 0.4) is 0 Å². The SMILES string of the molecule is O=C(CC(=O)OCc1c2ccccc2cc2ccccc12)OCc1c2ccccc2cc2ccccc12. The van der Waals surface area contributed by atoms with Crippen molar-refractivity contribution in [3.63, 3.8) is 0 Å². The quantitative estimate of drug-likeness (QED) is 0.140. The van der Waals surface area contributed by atoms with E-state index < -0.39 is 18.4 Å². The molecule has 0 saturated carbocycles. The maximum Gasteiger partial charge on any atom is 0.317 e. The highest BCUT2D eigenvalue weighted by molar-refractivity contribution is 6.03. The Hall–Kier alpha value is -4.70. The van der Waals surface area contributed by atoms with Gasteiger partial charge in [0.15, 0.2) is 0 Å². The van der Waals surface area contributed by atoms with E-state index in [2.05, 4.69) is 12.1 Å². The van der Waals surface area contributed by atoms with Gasteiger partial charge in [0.25, 0.3) is 0 Å². The van der Waals surface area contributed by atoms with Crippen LogP contribution in [0.2, 0.25) is 0 Å². The highest BCUT2D eigenvalue weighted by Crippen LogP contribution is 2.30. The first-order valence-electron chi connectivity index (χ1n) is 12.3. The predicted octanol–water partition coefficient (Wildman–Crippen LogP) is 7.48. The zero-order chi connectivity index (χ0) is 25.2. The van der Waals surface area contributed by atoms with Crippen molar-refractivity contribution in [3.05, 3.63) is 120 Å². The van der Waals surface area contributed by atoms with Gasteiger partial charge in [-0.05, 0) is 55.2 Å². The van der Waals surface area contributed by atoms with Crippen molar-refractivity contribution < 1.29 is 19.1 Å². The Kier molecular flexibility index (Phi) is 5.99. The molecule has 0 spiro atoms. The van der Waals surface area contributed by atoms with E-state index in [-0.39, 0.29) is 13.2 Å². The number of hydrogen-bond donors (Lipinski definition) is 0. The van der Waals surface area contributed by atoms with Crippen LogP contribution in [0, 0.1) is 0 Å². The molecule has 0 atom stereocenters. The van der Waals surface area contributed by atoms with E-state index in [1.807, 2.05) is 97.1 Å². The molecule has 6 rings (SSSR count). The molecule has 0 fully saturated rings. The molecule has 6 aromatic rings. The summed E-state index contributed by atoms with van der Waals surface area (Å²) < 4.78 is 11.1. The van der Waals surface area contributed by atoms with Gasteiger partial charge in [-0.3, -0.25) is 9.59 Å². The number of carbonyl (C=O) groups is 2. The van der Waals surface area contributed by atoms with Crippen LogP contribution in [0.15, 0.2) is 109 Å². The predicted molar refractivity (Wildman–Crippen MR) is 147 cm³/mol. The second kappa shape index (κ2) is 9.75. The molecule has 0 amide bonds. The molecule has 0 saturated heterocycles. The van der Waals surface area contributed by atoms with Crippen LogP contribution >= 0.6 is 0 Å². The maximum atomic E-state index is 12.6. The topological polar surface area (TPSA) is 52.6 Å². The molecule has 4 nitrogen and oxygen atoms in total. The van der Waals surface area contributed by atoms with Gasteiger partial charge < -0.3 is 9.47 Å². The molecule has 0 aromatic heterocycles. The summed E-state index contributed by atoms with van der Waals surface area (Å²) in [6.07, 6.45) is -0.439. The molecule has 0 N–H and O–H groups in total. The summed E-state index contributed by atoms with van der Waals surface area (Å²) in [5, 5.41) is 8.42. The summed E-state index contributed by atoms with van der Waals surface area (Å²) in [4.78, 5) is 25.2. The van der Waals surface area contributed by atoms with Crippen LogP contribution in [0.1, 0.15) is 17.5 Å². The van der Waals surface area contributed by atoms with Gasteiger partial charge in [0.05, 0.1) is 0 Å². The number of ether oxygens (including phenoxy) is 2. The van der Waals surface area contributed by atoms with Crippen LogP contribution in [0.5, 0.6) is 0 Å². The van der Waals surface area contributed by atoms with Crippen molar-refractivity contribution >= 4 is 55.0 Å². The smallest absolute Gasteiger partial charge is 0.317 e. The minimum Gasteiger partial charge on any atom is -0.460 e. The molecule has 0 radical (unpaired) electrons. The van der Waals surface area contributed by atoms with Gasteiger partial charge >= 0.3 is 11.9 Å². The van der Waals surface area contributed by atoms with Gasteiger partial charge in [-0.1, -0.05) is 97.1 Å². The molecule has 0 aliphatic carbocycles. The Morgan fingerprint density at radius 2 is 0.757 bits per heavy atom. The minimum atomic E-state index is -0.607. The van der Waals surface area contributed by atoms with E-state index in [4.69, 9.17) is 9.47 Å². The van der Waals surface area contributed by atoms with Gasteiger partial charge in [0, 0.05) is 11.1 Å². The Labute approximate surface area is 214 Å². The first-order chi connectivity index (χ1) is 18.2. The van der Waals surface area contributed by atoms with E-state index in [0.29, 0.717) is 0 Å². The lowest BCUT2D eigenvalue weighted by molar-refractivity contribution is -0.155. The number of rotatable bonds is 6. The maximum absolute atomic E-state index is 12.6. The van der Waals surface area contributed by atoms with Crippen molar-refractivity contribution in [1.29, 1.82) is 0 Å². The van der Waals surface area contributed by atoms with Gasteiger partial charge in [0.1, 0.15) is 19.6 Å². The fourth-order valence-corrected chi connectivity index (χ4v) is 5.05. The van der Waals surface area contributed by atoms with Gasteiger partial charge in [0.2, 0.25) is 0 Å². The highest BCUT2D eigenvalue weighted by Gasteiger charge is 2.16. The molecule has 6 aromatic carbocycles. The Morgan fingerprint density at radius 3 is 1.08 bits per heavy atom. The van der Waals surface area contributed by atoms with E-state index in [1.165, 1.54) is 0 Å². The van der Waals surface area contributed by atoms with Gasteiger partial charge in [-0.25, -0.2) is 0 Å². The second-order valence-corrected chi connectivity index (χ2v) is 9.09. The molecule has 180 valence electrons. The lowest BCUT2D eigenvalue weighted by atomic mass is 9.97. The molecular weight excluding hydrogens is 460 g/mol. The summed E-state index contributed by atoms with van der Waals surface area (Å²) in [5.41, 5.74) is 1.86. The summed E-state index contributed by atoms with van der Waals surface area (Å²) >= 11 is 0. The van der Waals surface area contributed by atoms with Crippen LogP contribution in [-0.2, 0) is 32.3 Å². The summed E-state index contributed by atoms with van der Waals surface area (Å²) in [7, 11) is 0. The summed E-state index contributed by atoms with van der Waals surface area (Å²) in [6.45, 7) is 0.171. The average molecular weight is 485 g/mol. The number of carbonyl (C=O) groups excluding carboxylic acids is 2.